The monoisotopic (exact) mass is 391 g/mol. The number of aliphatic carboxylic acids is 1. The van der Waals surface area contributed by atoms with E-state index in [1.54, 1.807) is 6.92 Å². The molecule has 0 amide bonds. The predicted molar refractivity (Wildman–Crippen MR) is 118 cm³/mol. The van der Waals surface area contributed by atoms with Crippen LogP contribution in [0, 0.1) is 5.92 Å². The maximum atomic E-state index is 10.7. The Kier molecular flexibility index (Phi) is 16.9. The van der Waals surface area contributed by atoms with Crippen LogP contribution in [-0.4, -0.2) is 12.5 Å². The summed E-state index contributed by atoms with van der Waals surface area (Å²) in [5.74, 6) is -0.931. The molecule has 1 aromatic rings. The molecule has 3 heteroatoms. The van der Waals surface area contributed by atoms with E-state index in [1.807, 2.05) is 24.3 Å². The maximum absolute atomic E-state index is 10.7. The smallest absolute Gasteiger partial charge is 0.0739 e. The Morgan fingerprint density at radius 3 is 1.71 bits per heavy atom. The van der Waals surface area contributed by atoms with Gasteiger partial charge in [-0.1, -0.05) is 103 Å². The quantitative estimate of drug-likeness (QED) is 0.459. The maximum Gasteiger partial charge on any atom is 0.0739 e. The average Bonchev–Trinajstić information content (AvgIpc) is 2.67. The van der Waals surface area contributed by atoms with Crippen LogP contribution in [0.15, 0.2) is 24.3 Å². The van der Waals surface area contributed by atoms with E-state index >= 15 is 0 Å². The topological polar surface area (TPSA) is 67.8 Å². The molecule has 1 rings (SSSR count). The Bertz CT molecular complexity index is 472. The number of hydrogen-bond donors (Lipinski definition) is 1. The first-order chi connectivity index (χ1) is 13.4. The highest BCUT2D eigenvalue weighted by molar-refractivity contribution is 5.73. The van der Waals surface area contributed by atoms with Crippen molar-refractivity contribution in [1.29, 1.82) is 0 Å². The Balaban J connectivity index is 0.000000528. The van der Waals surface area contributed by atoms with Gasteiger partial charge in [0.2, 0.25) is 0 Å². The summed E-state index contributed by atoms with van der Waals surface area (Å²) in [4.78, 5) is 10.7. The van der Waals surface area contributed by atoms with Crippen molar-refractivity contribution in [2.75, 3.05) is 6.54 Å². The van der Waals surface area contributed by atoms with Crippen LogP contribution < -0.4 is 10.8 Å². The number of rotatable bonds is 14. The third-order valence-corrected chi connectivity index (χ3v) is 5.08. The number of carbonyl (C=O) groups is 1. The molecule has 0 aromatic heterocycles. The van der Waals surface area contributed by atoms with Gasteiger partial charge in [0.15, 0.2) is 0 Å². The van der Waals surface area contributed by atoms with Gasteiger partial charge in [0.05, 0.1) is 6.54 Å². The SMILES string of the molecule is CC(C)Cc1ccc(C(C)C(=O)[O-])cc1.CCCCCCCCCCCC[NH3+]. The molecular weight excluding hydrogens is 346 g/mol. The van der Waals surface area contributed by atoms with Crippen molar-refractivity contribution in [1.82, 2.24) is 0 Å². The third kappa shape index (κ3) is 14.7. The normalized spacial score (nSPS) is 11.8. The van der Waals surface area contributed by atoms with E-state index in [4.69, 9.17) is 0 Å². The Morgan fingerprint density at radius 2 is 1.32 bits per heavy atom. The lowest BCUT2D eigenvalue weighted by Gasteiger charge is -2.13. The molecule has 1 aromatic carbocycles. The molecule has 0 heterocycles. The van der Waals surface area contributed by atoms with Gasteiger partial charge in [-0.05, 0) is 36.3 Å². The molecule has 0 aliphatic rings. The Morgan fingerprint density at radius 1 is 0.857 bits per heavy atom. The van der Waals surface area contributed by atoms with E-state index in [1.165, 1.54) is 69.8 Å². The van der Waals surface area contributed by atoms with Gasteiger partial charge >= 0.3 is 0 Å². The van der Waals surface area contributed by atoms with Gasteiger partial charge in [-0.25, -0.2) is 0 Å². The zero-order valence-electron chi connectivity index (χ0n) is 19.0. The number of hydrogen-bond acceptors (Lipinski definition) is 2. The Labute approximate surface area is 174 Å². The van der Waals surface area contributed by atoms with Crippen molar-refractivity contribution >= 4 is 5.97 Å². The highest BCUT2D eigenvalue weighted by Crippen LogP contribution is 2.16. The largest absolute Gasteiger partial charge is 0.550 e. The molecule has 0 saturated carbocycles. The average molecular weight is 392 g/mol. The number of quaternary nitrogens is 1. The summed E-state index contributed by atoms with van der Waals surface area (Å²) >= 11 is 0. The molecule has 0 spiro atoms. The molecule has 0 saturated heterocycles. The van der Waals surface area contributed by atoms with E-state index in [2.05, 4.69) is 26.5 Å². The minimum atomic E-state index is -1.02. The number of carboxylic acid groups (broad SMARTS) is 1. The molecule has 28 heavy (non-hydrogen) atoms. The van der Waals surface area contributed by atoms with Crippen molar-refractivity contribution < 1.29 is 15.6 Å². The van der Waals surface area contributed by atoms with Crippen LogP contribution in [0.5, 0.6) is 0 Å². The molecule has 0 aliphatic heterocycles. The molecule has 162 valence electrons. The molecule has 1 atom stereocenters. The van der Waals surface area contributed by atoms with Gasteiger partial charge < -0.3 is 15.6 Å². The lowest BCUT2D eigenvalue weighted by atomic mass is 9.97. The molecule has 3 N–H and O–H groups in total. The van der Waals surface area contributed by atoms with Gasteiger partial charge in [0.25, 0.3) is 0 Å². The first kappa shape index (κ1) is 26.6. The van der Waals surface area contributed by atoms with E-state index in [-0.39, 0.29) is 0 Å². The van der Waals surface area contributed by atoms with Crippen molar-refractivity contribution in [3.63, 3.8) is 0 Å². The number of unbranched alkanes of at least 4 members (excludes halogenated alkanes) is 9. The van der Waals surface area contributed by atoms with E-state index in [0.717, 1.165) is 18.5 Å². The molecule has 0 aliphatic carbocycles. The first-order valence-corrected chi connectivity index (χ1v) is 11.5. The van der Waals surface area contributed by atoms with Gasteiger partial charge in [0.1, 0.15) is 0 Å². The number of carbonyl (C=O) groups excluding carboxylic acids is 1. The Hall–Kier alpha value is -1.35. The zero-order chi connectivity index (χ0) is 21.2. The second kappa shape index (κ2) is 17.7. The van der Waals surface area contributed by atoms with Gasteiger partial charge in [0, 0.05) is 11.9 Å². The van der Waals surface area contributed by atoms with Crippen LogP contribution in [-0.2, 0) is 11.2 Å². The lowest BCUT2D eigenvalue weighted by molar-refractivity contribution is -0.368. The van der Waals surface area contributed by atoms with Crippen LogP contribution in [0.1, 0.15) is 109 Å². The highest BCUT2D eigenvalue weighted by atomic mass is 16.4. The second-order valence-corrected chi connectivity index (χ2v) is 8.42. The fraction of sp³-hybridized carbons (Fsp3) is 0.720. The predicted octanol–water partition coefficient (Wildman–Crippen LogP) is 4.89. The summed E-state index contributed by atoms with van der Waals surface area (Å²) in [6.07, 6.45) is 15.3. The van der Waals surface area contributed by atoms with E-state index < -0.39 is 11.9 Å². The summed E-state index contributed by atoms with van der Waals surface area (Å²) in [6, 6.07) is 7.74. The van der Waals surface area contributed by atoms with Crippen LogP contribution in [0.25, 0.3) is 0 Å². The summed E-state index contributed by atoms with van der Waals surface area (Å²) < 4.78 is 0. The fourth-order valence-electron chi connectivity index (χ4n) is 3.21. The summed E-state index contributed by atoms with van der Waals surface area (Å²) in [5.41, 5.74) is 5.91. The molecule has 1 unspecified atom stereocenters. The summed E-state index contributed by atoms with van der Waals surface area (Å²) in [6.45, 7) is 9.37. The number of benzene rings is 1. The van der Waals surface area contributed by atoms with Crippen molar-refractivity contribution in [3.05, 3.63) is 35.4 Å². The van der Waals surface area contributed by atoms with Crippen LogP contribution in [0.3, 0.4) is 0 Å². The molecule has 0 radical (unpaired) electrons. The van der Waals surface area contributed by atoms with Gasteiger partial charge in [-0.15, -0.1) is 0 Å². The fourth-order valence-corrected chi connectivity index (χ4v) is 3.21. The lowest BCUT2D eigenvalue weighted by Crippen LogP contribution is -2.50. The molecule has 0 fully saturated rings. The third-order valence-electron chi connectivity index (χ3n) is 5.08. The minimum Gasteiger partial charge on any atom is -0.550 e. The molecular formula is C25H45NO2. The van der Waals surface area contributed by atoms with Crippen molar-refractivity contribution in [3.8, 4) is 0 Å². The molecule has 3 nitrogen and oxygen atoms in total. The van der Waals surface area contributed by atoms with Crippen LogP contribution in [0.2, 0.25) is 0 Å². The standard InChI is InChI=1S/C13H18O2.C12H27N/c1-9(2)8-11-4-6-12(7-5-11)10(3)13(14)15;1-2-3-4-5-6-7-8-9-10-11-12-13/h4-7,9-10H,8H2,1-3H3,(H,14,15);2-13H2,1H3. The molecule has 0 bridgehead atoms. The van der Waals surface area contributed by atoms with Gasteiger partial charge in [-0.3, -0.25) is 0 Å². The zero-order valence-corrected chi connectivity index (χ0v) is 19.0. The van der Waals surface area contributed by atoms with Crippen LogP contribution >= 0.6 is 0 Å². The van der Waals surface area contributed by atoms with Crippen molar-refractivity contribution in [2.24, 2.45) is 5.92 Å². The van der Waals surface area contributed by atoms with Crippen molar-refractivity contribution in [2.45, 2.75) is 104 Å². The summed E-state index contributed by atoms with van der Waals surface area (Å²) in [5, 5.41) is 10.7. The second-order valence-electron chi connectivity index (χ2n) is 8.42. The van der Waals surface area contributed by atoms with Gasteiger partial charge in [-0.2, -0.15) is 0 Å². The highest BCUT2D eigenvalue weighted by Gasteiger charge is 2.06. The first-order valence-electron chi connectivity index (χ1n) is 11.5. The number of carboxylic acids is 1. The van der Waals surface area contributed by atoms with Crippen LogP contribution in [0.4, 0.5) is 0 Å². The summed E-state index contributed by atoms with van der Waals surface area (Å²) in [7, 11) is 0. The van der Waals surface area contributed by atoms with E-state index in [9.17, 15) is 9.90 Å². The minimum absolute atomic E-state index is 0.530. The van der Waals surface area contributed by atoms with E-state index in [0.29, 0.717) is 5.92 Å².